The fraction of sp³-hybridized carbons (Fsp3) is 0.488. The minimum absolute atomic E-state index is 0.121. The third-order valence-electron chi connectivity index (χ3n) is 9.23. The second-order valence-electron chi connectivity index (χ2n) is 13.6. The van der Waals surface area contributed by atoms with Gasteiger partial charge in [0.25, 0.3) is 0 Å². The summed E-state index contributed by atoms with van der Waals surface area (Å²) >= 11 is 0. The van der Waals surface area contributed by atoms with E-state index < -0.39 is 79.4 Å². The van der Waals surface area contributed by atoms with Gasteiger partial charge in [0.15, 0.2) is 30.5 Å². The van der Waals surface area contributed by atoms with Gasteiger partial charge in [0, 0.05) is 26.7 Å². The summed E-state index contributed by atoms with van der Waals surface area (Å²) in [4.78, 5) is 36.2. The molecular weight excluding hydrogens is 703 g/mol. The zero-order chi connectivity index (χ0) is 38.7. The summed E-state index contributed by atoms with van der Waals surface area (Å²) in [5.41, 5.74) is 2.75. The maximum Gasteiger partial charge on any atom is 0.303 e. The van der Waals surface area contributed by atoms with E-state index in [0.29, 0.717) is 6.61 Å². The first-order chi connectivity index (χ1) is 25.9. The zero-order valence-electron chi connectivity index (χ0n) is 31.2. The first-order valence-electron chi connectivity index (χ1n) is 18.0. The van der Waals surface area contributed by atoms with Crippen molar-refractivity contribution >= 4 is 17.9 Å². The number of hydrogen-bond acceptors (Lipinski definition) is 12. The Morgan fingerprint density at radius 3 is 1.72 bits per heavy atom. The van der Waals surface area contributed by atoms with Gasteiger partial charge in [-0.15, -0.1) is 0 Å². The Bertz CT molecular complexity index is 1630. The normalized spacial score (nSPS) is 29.6. The van der Waals surface area contributed by atoms with Crippen LogP contribution in [0.3, 0.4) is 0 Å². The highest BCUT2D eigenvalue weighted by atomic mass is 19.1. The fourth-order valence-electron chi connectivity index (χ4n) is 6.61. The molecule has 0 bridgehead atoms. The molecule has 10 atom stereocenters. The van der Waals surface area contributed by atoms with Gasteiger partial charge in [-0.2, -0.15) is 0 Å². The van der Waals surface area contributed by atoms with E-state index in [1.807, 2.05) is 97.9 Å². The minimum Gasteiger partial charge on any atom is -0.463 e. The third-order valence-corrected chi connectivity index (χ3v) is 9.23. The van der Waals surface area contributed by atoms with Crippen LogP contribution < -0.4 is 0 Å². The molecule has 0 aliphatic carbocycles. The molecule has 0 spiro atoms. The number of ether oxygens (including phenoxy) is 9. The van der Waals surface area contributed by atoms with Crippen molar-refractivity contribution in [3.8, 4) is 0 Å². The minimum atomic E-state index is -2.20. The summed E-state index contributed by atoms with van der Waals surface area (Å²) in [6.45, 7) is 7.30. The smallest absolute Gasteiger partial charge is 0.303 e. The second kappa shape index (κ2) is 19.4. The molecule has 5 rings (SSSR count). The summed E-state index contributed by atoms with van der Waals surface area (Å²) in [6.07, 6.45) is -10.7. The van der Waals surface area contributed by atoms with Gasteiger partial charge in [-0.05, 0) is 23.6 Å². The first kappa shape index (κ1) is 40.9. The van der Waals surface area contributed by atoms with Crippen molar-refractivity contribution in [2.75, 3.05) is 13.2 Å². The first-order valence-corrected chi connectivity index (χ1v) is 18.0. The highest BCUT2D eigenvalue weighted by Crippen LogP contribution is 2.42. The van der Waals surface area contributed by atoms with Crippen molar-refractivity contribution in [3.05, 3.63) is 108 Å². The molecule has 0 aromatic heterocycles. The summed E-state index contributed by atoms with van der Waals surface area (Å²) in [5, 5.41) is 0. The van der Waals surface area contributed by atoms with Crippen molar-refractivity contribution in [1.82, 2.24) is 0 Å². The van der Waals surface area contributed by atoms with Crippen LogP contribution in [0, 0.1) is 5.92 Å². The number of carbonyl (C=O) groups excluding carboxylic acids is 3. The average Bonchev–Trinajstić information content (AvgIpc) is 3.15. The SMILES string of the molecule is CC(=O)OCC1O[C@H](O[C@@]2(C)OC(COCc3ccccc3)[C@H](C)[C@H](OCc3ccccc3)C2OCc2ccccc2)C(F)C(OC(C)=O)[C@@H]1OC(C)=O. The fourth-order valence-corrected chi connectivity index (χ4v) is 6.61. The second-order valence-corrected chi connectivity index (χ2v) is 13.6. The lowest BCUT2D eigenvalue weighted by Gasteiger charge is -2.52. The van der Waals surface area contributed by atoms with E-state index in [1.54, 1.807) is 6.92 Å². The van der Waals surface area contributed by atoms with Crippen LogP contribution in [0.1, 0.15) is 51.3 Å². The molecule has 2 fully saturated rings. The monoisotopic (exact) mass is 752 g/mol. The number of alkyl halides is 1. The van der Waals surface area contributed by atoms with Crippen LogP contribution in [0.25, 0.3) is 0 Å². The van der Waals surface area contributed by atoms with Crippen LogP contribution in [0.5, 0.6) is 0 Å². The van der Waals surface area contributed by atoms with Crippen molar-refractivity contribution in [1.29, 1.82) is 0 Å². The van der Waals surface area contributed by atoms with E-state index in [9.17, 15) is 14.4 Å². The van der Waals surface area contributed by atoms with Crippen molar-refractivity contribution in [3.63, 3.8) is 0 Å². The molecule has 5 unspecified atom stereocenters. The lowest BCUT2D eigenvalue weighted by Crippen LogP contribution is -2.67. The Balaban J connectivity index is 1.49. The van der Waals surface area contributed by atoms with E-state index in [1.165, 1.54) is 6.92 Å². The third kappa shape index (κ3) is 11.2. The maximum absolute atomic E-state index is 16.7. The van der Waals surface area contributed by atoms with E-state index >= 15 is 4.39 Å². The number of carbonyl (C=O) groups is 3. The quantitative estimate of drug-likeness (QED) is 0.133. The van der Waals surface area contributed by atoms with Crippen LogP contribution in [0.4, 0.5) is 4.39 Å². The molecule has 2 heterocycles. The lowest BCUT2D eigenvalue weighted by molar-refractivity contribution is -0.416. The molecule has 292 valence electrons. The molecule has 0 radical (unpaired) electrons. The largest absolute Gasteiger partial charge is 0.463 e. The molecule has 2 aliphatic rings. The Hall–Kier alpha value is -4.24. The molecular formula is C41H49FO12. The van der Waals surface area contributed by atoms with Crippen LogP contribution in [-0.4, -0.2) is 86.0 Å². The Morgan fingerprint density at radius 1 is 0.667 bits per heavy atom. The molecule has 54 heavy (non-hydrogen) atoms. The molecule has 13 heteroatoms. The predicted octanol–water partition coefficient (Wildman–Crippen LogP) is 5.63. The summed E-state index contributed by atoms with van der Waals surface area (Å²) in [6, 6.07) is 28.8. The Kier molecular flexibility index (Phi) is 14.7. The van der Waals surface area contributed by atoms with E-state index in [4.69, 9.17) is 42.6 Å². The van der Waals surface area contributed by atoms with Crippen LogP contribution in [0.15, 0.2) is 91.0 Å². The van der Waals surface area contributed by atoms with Gasteiger partial charge in [0.2, 0.25) is 0 Å². The molecule has 0 amide bonds. The van der Waals surface area contributed by atoms with Crippen LogP contribution in [-0.2, 0) is 76.8 Å². The predicted molar refractivity (Wildman–Crippen MR) is 191 cm³/mol. The van der Waals surface area contributed by atoms with Crippen LogP contribution >= 0.6 is 0 Å². The topological polar surface area (TPSA) is 134 Å². The molecule has 3 aromatic rings. The summed E-state index contributed by atoms with van der Waals surface area (Å²) in [7, 11) is 0. The average molecular weight is 753 g/mol. The van der Waals surface area contributed by atoms with Crippen molar-refractivity contribution in [2.24, 2.45) is 5.92 Å². The van der Waals surface area contributed by atoms with Gasteiger partial charge in [-0.25, -0.2) is 4.39 Å². The van der Waals surface area contributed by atoms with Gasteiger partial charge in [-0.1, -0.05) is 97.9 Å². The van der Waals surface area contributed by atoms with E-state index in [-0.39, 0.29) is 25.7 Å². The number of hydrogen-bond donors (Lipinski definition) is 0. The van der Waals surface area contributed by atoms with Crippen molar-refractivity contribution < 1.29 is 61.4 Å². The van der Waals surface area contributed by atoms with Gasteiger partial charge < -0.3 is 42.6 Å². The number of esters is 3. The highest BCUT2D eigenvalue weighted by molar-refractivity contribution is 5.68. The highest BCUT2D eigenvalue weighted by Gasteiger charge is 2.58. The van der Waals surface area contributed by atoms with Crippen molar-refractivity contribution in [2.45, 2.75) is 109 Å². The Labute approximate surface area is 315 Å². The molecule has 12 nitrogen and oxygen atoms in total. The number of rotatable bonds is 16. The zero-order valence-corrected chi connectivity index (χ0v) is 31.2. The van der Waals surface area contributed by atoms with Gasteiger partial charge in [0.05, 0.1) is 38.6 Å². The number of halogens is 1. The standard InChI is InChI=1S/C41H49FO12/c1-26-33(24-46-21-30-15-9-6-10-16-30)53-41(5,39(49-23-32-19-13-8-14-20-32)36(26)48-22-31-17-11-7-12-18-31)54-40-35(42)38(51-29(4)45)37(50-28(3)44)34(52-40)25-47-27(2)43/h6-20,26,33-40H,21-25H2,1-5H3/t26-,33?,34?,35?,36-,37+,38?,39?,40+,41+/m0/s1. The lowest BCUT2D eigenvalue weighted by atomic mass is 9.86. The molecule has 0 N–H and O–H groups in total. The maximum atomic E-state index is 16.7. The van der Waals surface area contributed by atoms with Gasteiger partial charge >= 0.3 is 17.9 Å². The van der Waals surface area contributed by atoms with E-state index in [2.05, 4.69) is 0 Å². The summed E-state index contributed by atoms with van der Waals surface area (Å²) in [5.74, 6) is -4.39. The van der Waals surface area contributed by atoms with Gasteiger partial charge in [-0.3, -0.25) is 14.4 Å². The Morgan fingerprint density at radius 2 is 1.19 bits per heavy atom. The molecule has 3 aromatic carbocycles. The van der Waals surface area contributed by atoms with E-state index in [0.717, 1.165) is 30.5 Å². The van der Waals surface area contributed by atoms with Crippen LogP contribution in [0.2, 0.25) is 0 Å². The molecule has 2 saturated heterocycles. The molecule has 2 aliphatic heterocycles. The number of benzene rings is 3. The summed E-state index contributed by atoms with van der Waals surface area (Å²) < 4.78 is 71.4. The van der Waals surface area contributed by atoms with Gasteiger partial charge in [0.1, 0.15) is 18.8 Å². The molecule has 0 saturated carbocycles.